The average Bonchev–Trinajstić information content (AvgIpc) is 3.82. The van der Waals surface area contributed by atoms with Crippen LogP contribution in [-0.2, 0) is 5.41 Å². The Hall–Kier alpha value is -6.74. The number of benzene rings is 8. The van der Waals surface area contributed by atoms with Crippen LogP contribution in [0.25, 0.3) is 53.6 Å². The molecule has 0 saturated carbocycles. The lowest BCUT2D eigenvalue weighted by Gasteiger charge is -2.36. The standard InChI is InChI=1S/C55H39NS/c1-4-15-38(16-5-1)40-27-31-43(32-28-40)56(44-33-29-41(30-34-44)39-17-6-2-7-18-39)45-35-36-48-49-23-14-26-52(54(49)57-53(48)37-45)55(42-19-8-3-9-20-42)50-24-12-10-21-46(50)47-22-11-13-25-51(47)55/h1-2,4-8,10-37H,3,9H2. The van der Waals surface area contributed by atoms with Gasteiger partial charge in [0.05, 0.1) is 5.41 Å². The van der Waals surface area contributed by atoms with Crippen molar-refractivity contribution in [3.8, 4) is 33.4 Å². The summed E-state index contributed by atoms with van der Waals surface area (Å²) in [5.74, 6) is 0. The summed E-state index contributed by atoms with van der Waals surface area (Å²) < 4.78 is 2.63. The maximum atomic E-state index is 2.49. The minimum atomic E-state index is -0.402. The normalized spacial score (nSPS) is 14.0. The van der Waals surface area contributed by atoms with E-state index >= 15 is 0 Å². The molecule has 0 bridgehead atoms. The molecule has 9 aromatic rings. The molecule has 0 atom stereocenters. The van der Waals surface area contributed by atoms with E-state index in [1.165, 1.54) is 75.8 Å². The number of anilines is 3. The predicted molar refractivity (Wildman–Crippen MR) is 243 cm³/mol. The highest BCUT2D eigenvalue weighted by atomic mass is 32.1. The third kappa shape index (κ3) is 5.44. The van der Waals surface area contributed by atoms with E-state index in [1.54, 1.807) is 0 Å². The summed E-state index contributed by atoms with van der Waals surface area (Å²) in [4.78, 5) is 2.40. The highest BCUT2D eigenvalue weighted by Crippen LogP contribution is 2.59. The number of nitrogens with zero attached hydrogens (tertiary/aromatic N) is 1. The molecule has 1 nitrogen and oxygen atoms in total. The molecular formula is C55H39NS. The van der Waals surface area contributed by atoms with Crippen LogP contribution >= 0.6 is 11.3 Å². The Morgan fingerprint density at radius 3 is 1.53 bits per heavy atom. The number of thiophene rings is 1. The first-order valence-corrected chi connectivity index (χ1v) is 20.7. The van der Waals surface area contributed by atoms with E-state index in [0.29, 0.717) is 0 Å². The molecular weight excluding hydrogens is 707 g/mol. The van der Waals surface area contributed by atoms with Gasteiger partial charge < -0.3 is 4.90 Å². The first kappa shape index (κ1) is 33.6. The second-order valence-corrected chi connectivity index (χ2v) is 16.2. The fourth-order valence-corrected chi connectivity index (χ4v) is 10.7. The highest BCUT2D eigenvalue weighted by molar-refractivity contribution is 7.26. The molecule has 57 heavy (non-hydrogen) atoms. The fraction of sp³-hybridized carbons (Fsp3) is 0.0545. The van der Waals surface area contributed by atoms with Crippen LogP contribution in [0.15, 0.2) is 218 Å². The summed E-state index contributed by atoms with van der Waals surface area (Å²) in [6.07, 6.45) is 9.40. The number of hydrogen-bond acceptors (Lipinski definition) is 2. The molecule has 0 amide bonds. The largest absolute Gasteiger partial charge is 0.310 e. The first-order chi connectivity index (χ1) is 28.3. The van der Waals surface area contributed by atoms with Crippen molar-refractivity contribution in [2.75, 3.05) is 4.90 Å². The van der Waals surface area contributed by atoms with Gasteiger partial charge in [0.25, 0.3) is 0 Å². The van der Waals surface area contributed by atoms with Crippen LogP contribution in [0.3, 0.4) is 0 Å². The van der Waals surface area contributed by atoms with Gasteiger partial charge in [-0.15, -0.1) is 11.3 Å². The van der Waals surface area contributed by atoms with Crippen molar-refractivity contribution in [1.29, 1.82) is 0 Å². The molecule has 0 N–H and O–H groups in total. The summed E-state index contributed by atoms with van der Waals surface area (Å²) in [6.45, 7) is 0. The van der Waals surface area contributed by atoms with Gasteiger partial charge in [-0.05, 0) is 105 Å². The Bertz CT molecular complexity index is 2860. The maximum absolute atomic E-state index is 2.49. The fourth-order valence-electron chi connectivity index (χ4n) is 9.42. The molecule has 0 aliphatic heterocycles. The van der Waals surface area contributed by atoms with Gasteiger partial charge in [0.15, 0.2) is 0 Å². The first-order valence-electron chi connectivity index (χ1n) is 19.9. The number of rotatable bonds is 7. The second kappa shape index (κ2) is 13.8. The molecule has 2 heteroatoms. The highest BCUT2D eigenvalue weighted by Gasteiger charge is 2.47. The van der Waals surface area contributed by atoms with Gasteiger partial charge in [0.1, 0.15) is 0 Å². The van der Waals surface area contributed by atoms with Gasteiger partial charge in [-0.25, -0.2) is 0 Å². The van der Waals surface area contributed by atoms with Crippen molar-refractivity contribution in [2.24, 2.45) is 0 Å². The van der Waals surface area contributed by atoms with E-state index in [0.717, 1.165) is 29.9 Å². The lowest BCUT2D eigenvalue weighted by molar-refractivity contribution is 0.760. The molecule has 0 fully saturated rings. The molecule has 2 aliphatic carbocycles. The molecule has 0 radical (unpaired) electrons. The molecule has 0 unspecified atom stereocenters. The SMILES string of the molecule is C1=CC(C2(c3cccc4c3sc3cc(N(c5ccc(-c6ccccc6)cc5)c5ccc(-c6ccccc6)cc5)ccc34)c3ccccc3-c3ccccc32)=CCC1. The van der Waals surface area contributed by atoms with E-state index in [-0.39, 0.29) is 0 Å². The zero-order chi connectivity index (χ0) is 37.8. The Labute approximate surface area is 338 Å². The van der Waals surface area contributed by atoms with Crippen molar-refractivity contribution in [3.05, 3.63) is 235 Å². The van der Waals surface area contributed by atoms with Gasteiger partial charge in [0.2, 0.25) is 0 Å². The van der Waals surface area contributed by atoms with E-state index in [9.17, 15) is 0 Å². The summed E-state index contributed by atoms with van der Waals surface area (Å²) in [5.41, 5.74) is 16.0. The zero-order valence-electron chi connectivity index (χ0n) is 31.5. The summed E-state index contributed by atoms with van der Waals surface area (Å²) >= 11 is 1.93. The summed E-state index contributed by atoms with van der Waals surface area (Å²) in [7, 11) is 0. The van der Waals surface area contributed by atoms with Crippen molar-refractivity contribution in [2.45, 2.75) is 18.3 Å². The van der Waals surface area contributed by atoms with Gasteiger partial charge in [0, 0.05) is 37.2 Å². The van der Waals surface area contributed by atoms with E-state index in [1.807, 2.05) is 11.3 Å². The van der Waals surface area contributed by atoms with Crippen LogP contribution in [0.4, 0.5) is 17.1 Å². The second-order valence-electron chi connectivity index (χ2n) is 15.1. The van der Waals surface area contributed by atoms with Crippen molar-refractivity contribution < 1.29 is 0 Å². The minimum absolute atomic E-state index is 0.402. The van der Waals surface area contributed by atoms with Crippen LogP contribution in [-0.4, -0.2) is 0 Å². The average molecular weight is 746 g/mol. The topological polar surface area (TPSA) is 3.24 Å². The number of allylic oxidation sites excluding steroid dienone is 4. The molecule has 0 saturated heterocycles. The smallest absolute Gasteiger partial charge is 0.0724 e. The molecule has 0 spiro atoms. The molecule has 1 aromatic heterocycles. The molecule has 270 valence electrons. The molecule has 2 aliphatic rings. The summed E-state index contributed by atoms with van der Waals surface area (Å²) in [6, 6.07) is 71.5. The van der Waals surface area contributed by atoms with E-state index in [4.69, 9.17) is 0 Å². The third-order valence-electron chi connectivity index (χ3n) is 12.0. The molecule has 1 heterocycles. The van der Waals surface area contributed by atoms with Crippen LogP contribution in [0.5, 0.6) is 0 Å². The van der Waals surface area contributed by atoms with Crippen molar-refractivity contribution >= 4 is 48.6 Å². The van der Waals surface area contributed by atoms with Gasteiger partial charge >= 0.3 is 0 Å². The van der Waals surface area contributed by atoms with Crippen LogP contribution < -0.4 is 4.90 Å². The third-order valence-corrected chi connectivity index (χ3v) is 13.2. The molecule has 8 aromatic carbocycles. The zero-order valence-corrected chi connectivity index (χ0v) is 32.3. The maximum Gasteiger partial charge on any atom is 0.0724 e. The lowest BCUT2D eigenvalue weighted by atomic mass is 9.66. The number of hydrogen-bond donors (Lipinski definition) is 0. The van der Waals surface area contributed by atoms with E-state index < -0.39 is 5.41 Å². The Morgan fingerprint density at radius 1 is 0.421 bits per heavy atom. The quantitative estimate of drug-likeness (QED) is 0.157. The van der Waals surface area contributed by atoms with Gasteiger partial charge in [-0.1, -0.05) is 176 Å². The monoisotopic (exact) mass is 745 g/mol. The summed E-state index contributed by atoms with van der Waals surface area (Å²) in [5, 5.41) is 2.61. The predicted octanol–water partition coefficient (Wildman–Crippen LogP) is 15.4. The van der Waals surface area contributed by atoms with Crippen LogP contribution in [0.1, 0.15) is 29.5 Å². The van der Waals surface area contributed by atoms with Crippen molar-refractivity contribution in [1.82, 2.24) is 0 Å². The molecule has 11 rings (SSSR count). The van der Waals surface area contributed by atoms with Crippen LogP contribution in [0, 0.1) is 0 Å². The van der Waals surface area contributed by atoms with E-state index in [2.05, 4.69) is 217 Å². The van der Waals surface area contributed by atoms with Crippen LogP contribution in [0.2, 0.25) is 0 Å². The van der Waals surface area contributed by atoms with Gasteiger partial charge in [-0.3, -0.25) is 0 Å². The Morgan fingerprint density at radius 2 is 0.947 bits per heavy atom. The minimum Gasteiger partial charge on any atom is -0.310 e. The number of fused-ring (bicyclic) bond motifs is 6. The Kier molecular flexibility index (Phi) is 8.12. The Balaban J connectivity index is 1.09. The van der Waals surface area contributed by atoms with Crippen molar-refractivity contribution in [3.63, 3.8) is 0 Å². The lowest BCUT2D eigenvalue weighted by Crippen LogP contribution is -2.29. The van der Waals surface area contributed by atoms with Gasteiger partial charge in [-0.2, -0.15) is 0 Å².